The van der Waals surface area contributed by atoms with E-state index in [4.69, 9.17) is 0 Å². The van der Waals surface area contributed by atoms with Gasteiger partial charge in [-0.2, -0.15) is 0 Å². The Morgan fingerprint density at radius 1 is 1.22 bits per heavy atom. The van der Waals surface area contributed by atoms with Crippen molar-refractivity contribution < 1.29 is 14.7 Å². The van der Waals surface area contributed by atoms with Gasteiger partial charge in [-0.1, -0.05) is 43.3 Å². The lowest BCUT2D eigenvalue weighted by Gasteiger charge is -2.56. The van der Waals surface area contributed by atoms with Gasteiger partial charge in [0.1, 0.15) is 0 Å². The van der Waals surface area contributed by atoms with Crippen molar-refractivity contribution in [2.45, 2.75) is 51.1 Å². The topological polar surface area (TPSA) is 60.9 Å². The number of allylic oxidation sites excluding steroid dienone is 1. The second kappa shape index (κ2) is 8.26. The van der Waals surface area contributed by atoms with Crippen LogP contribution in [0, 0.1) is 5.92 Å². The number of likely N-dealkylation sites (tertiary alicyclic amines) is 1. The van der Waals surface area contributed by atoms with E-state index in [1.807, 2.05) is 30.9 Å². The summed E-state index contributed by atoms with van der Waals surface area (Å²) in [5, 5.41) is 10.00. The van der Waals surface area contributed by atoms with Crippen molar-refractivity contribution in [2.75, 3.05) is 20.2 Å². The third-order valence-corrected chi connectivity index (χ3v) is 5.78. The summed E-state index contributed by atoms with van der Waals surface area (Å²) in [6.07, 6.45) is 6.37. The Balaban J connectivity index is 1.86. The van der Waals surface area contributed by atoms with E-state index in [1.165, 1.54) is 0 Å². The molecule has 5 nitrogen and oxygen atoms in total. The molecule has 3 atom stereocenters. The summed E-state index contributed by atoms with van der Waals surface area (Å²) in [5.74, 6) is 0.359. The van der Waals surface area contributed by atoms with Gasteiger partial charge in [0.25, 0.3) is 0 Å². The van der Waals surface area contributed by atoms with Gasteiger partial charge < -0.3 is 14.9 Å². The number of rotatable bonds is 7. The van der Waals surface area contributed by atoms with Crippen LogP contribution in [0.2, 0.25) is 0 Å². The van der Waals surface area contributed by atoms with E-state index in [2.05, 4.69) is 24.3 Å². The van der Waals surface area contributed by atoms with Gasteiger partial charge in [0.05, 0.1) is 18.7 Å². The molecule has 146 valence electrons. The predicted molar refractivity (Wildman–Crippen MR) is 106 cm³/mol. The number of amides is 2. The lowest BCUT2D eigenvalue weighted by Crippen LogP contribution is -2.69. The van der Waals surface area contributed by atoms with E-state index < -0.39 is 0 Å². The second-order valence-electron chi connectivity index (χ2n) is 7.66. The summed E-state index contributed by atoms with van der Waals surface area (Å²) in [6, 6.07) is 8.00. The highest BCUT2D eigenvalue weighted by Crippen LogP contribution is 2.44. The van der Waals surface area contributed by atoms with Crippen LogP contribution < -0.4 is 0 Å². The van der Waals surface area contributed by atoms with Crippen LogP contribution in [0.5, 0.6) is 0 Å². The van der Waals surface area contributed by atoms with Crippen LogP contribution >= 0.6 is 0 Å². The number of benzene rings is 1. The summed E-state index contributed by atoms with van der Waals surface area (Å²) in [6.45, 7) is 4.28. The normalized spacial score (nSPS) is 24.7. The quantitative estimate of drug-likeness (QED) is 0.803. The Kier molecular flexibility index (Phi) is 6.00. The molecule has 2 amide bonds. The van der Waals surface area contributed by atoms with E-state index in [-0.39, 0.29) is 42.3 Å². The molecule has 1 heterocycles. The summed E-state index contributed by atoms with van der Waals surface area (Å²) in [5.41, 5.74) is 2.24. The number of hydrogen-bond acceptors (Lipinski definition) is 3. The molecule has 1 saturated heterocycles. The molecule has 3 rings (SSSR count). The van der Waals surface area contributed by atoms with Crippen LogP contribution in [-0.4, -0.2) is 59.0 Å². The molecule has 1 N–H and O–H groups in total. The van der Waals surface area contributed by atoms with E-state index in [9.17, 15) is 14.7 Å². The molecule has 2 fully saturated rings. The molecule has 1 saturated carbocycles. The van der Waals surface area contributed by atoms with Crippen LogP contribution in [0.15, 0.2) is 30.3 Å². The Hall–Kier alpha value is -2.14. The maximum atomic E-state index is 12.8. The molecule has 0 aromatic heterocycles. The third kappa shape index (κ3) is 3.93. The maximum absolute atomic E-state index is 12.8. The monoisotopic (exact) mass is 370 g/mol. The first-order valence-electron chi connectivity index (χ1n) is 9.91. The van der Waals surface area contributed by atoms with Crippen LogP contribution in [0.3, 0.4) is 0 Å². The van der Waals surface area contributed by atoms with Crippen molar-refractivity contribution in [2.24, 2.45) is 5.92 Å². The Labute approximate surface area is 161 Å². The molecule has 0 spiro atoms. The lowest BCUT2D eigenvalue weighted by atomic mass is 9.74. The zero-order valence-electron chi connectivity index (χ0n) is 16.5. The number of aliphatic hydroxyl groups excluding tert-OH is 1. The van der Waals surface area contributed by atoms with E-state index in [0.29, 0.717) is 13.0 Å². The van der Waals surface area contributed by atoms with E-state index in [1.54, 1.807) is 11.9 Å². The van der Waals surface area contributed by atoms with Crippen molar-refractivity contribution in [3.8, 4) is 0 Å². The van der Waals surface area contributed by atoms with Crippen molar-refractivity contribution in [3.63, 3.8) is 0 Å². The smallest absolute Gasteiger partial charge is 0.226 e. The first-order chi connectivity index (χ1) is 13.0. The average Bonchev–Trinajstić information content (AvgIpc) is 3.50. The summed E-state index contributed by atoms with van der Waals surface area (Å²) in [4.78, 5) is 28.5. The fourth-order valence-electron chi connectivity index (χ4n) is 4.14. The molecule has 27 heavy (non-hydrogen) atoms. The largest absolute Gasteiger partial charge is 0.394 e. The van der Waals surface area contributed by atoms with E-state index in [0.717, 1.165) is 24.0 Å². The summed E-state index contributed by atoms with van der Waals surface area (Å²) in [7, 11) is 1.80. The fourth-order valence-corrected chi connectivity index (χ4v) is 4.14. The Bertz CT molecular complexity index is 709. The Morgan fingerprint density at radius 3 is 2.41 bits per heavy atom. The summed E-state index contributed by atoms with van der Waals surface area (Å²) < 4.78 is 0. The number of nitrogens with zero attached hydrogens (tertiary/aromatic N) is 2. The van der Waals surface area contributed by atoms with Gasteiger partial charge in [0, 0.05) is 31.8 Å². The predicted octanol–water partition coefficient (Wildman–Crippen LogP) is 2.65. The molecular weight excluding hydrogens is 340 g/mol. The van der Waals surface area contributed by atoms with Crippen molar-refractivity contribution >= 4 is 17.9 Å². The van der Waals surface area contributed by atoms with E-state index >= 15 is 0 Å². The average molecular weight is 370 g/mol. The lowest BCUT2D eigenvalue weighted by molar-refractivity contribution is -0.155. The minimum atomic E-state index is -0.208. The first kappa shape index (κ1) is 19.6. The van der Waals surface area contributed by atoms with Gasteiger partial charge in [0.15, 0.2) is 0 Å². The van der Waals surface area contributed by atoms with Gasteiger partial charge >= 0.3 is 0 Å². The van der Waals surface area contributed by atoms with Crippen LogP contribution in [0.25, 0.3) is 6.08 Å². The third-order valence-electron chi connectivity index (χ3n) is 5.78. The van der Waals surface area contributed by atoms with Gasteiger partial charge in [-0.3, -0.25) is 9.59 Å². The molecule has 2 aliphatic rings. The van der Waals surface area contributed by atoms with Gasteiger partial charge in [-0.15, -0.1) is 0 Å². The van der Waals surface area contributed by atoms with Crippen molar-refractivity contribution in [1.29, 1.82) is 0 Å². The molecule has 1 aromatic rings. The van der Waals surface area contributed by atoms with Crippen LogP contribution in [0.1, 0.15) is 50.2 Å². The number of aliphatic hydroxyl groups is 1. The zero-order valence-corrected chi connectivity index (χ0v) is 16.5. The first-order valence-corrected chi connectivity index (χ1v) is 9.91. The fraction of sp³-hybridized carbons (Fsp3) is 0.545. The SMILES string of the molecule is C/C=C/c1ccc([C@H]2[C@@H](CN(C)C(=O)CC)N(C(=O)C3CC3)[C@H]2CO)cc1. The molecule has 0 radical (unpaired) electrons. The number of carbonyl (C=O) groups excluding carboxylic acids is 2. The number of likely N-dealkylation sites (N-methyl/N-ethyl adjacent to an activating group) is 1. The second-order valence-corrected chi connectivity index (χ2v) is 7.66. The van der Waals surface area contributed by atoms with Crippen LogP contribution in [0.4, 0.5) is 0 Å². The molecule has 5 heteroatoms. The highest BCUT2D eigenvalue weighted by Gasteiger charge is 2.53. The molecule has 0 bridgehead atoms. The number of hydrogen-bond donors (Lipinski definition) is 1. The maximum Gasteiger partial charge on any atom is 0.226 e. The highest BCUT2D eigenvalue weighted by atomic mass is 16.3. The minimum Gasteiger partial charge on any atom is -0.394 e. The minimum absolute atomic E-state index is 0.0458. The van der Waals surface area contributed by atoms with Gasteiger partial charge in [0.2, 0.25) is 11.8 Å². The molecule has 1 aliphatic heterocycles. The number of carbonyl (C=O) groups is 2. The van der Waals surface area contributed by atoms with Crippen molar-refractivity contribution in [1.82, 2.24) is 9.80 Å². The van der Waals surface area contributed by atoms with Crippen molar-refractivity contribution in [3.05, 3.63) is 41.5 Å². The molecular formula is C22H30N2O3. The molecule has 1 aliphatic carbocycles. The van der Waals surface area contributed by atoms with Gasteiger partial charge in [-0.05, 0) is 30.9 Å². The molecule has 1 aromatic carbocycles. The highest BCUT2D eigenvalue weighted by molar-refractivity contribution is 5.83. The molecule has 0 unspecified atom stereocenters. The van der Waals surface area contributed by atoms with Crippen LogP contribution in [-0.2, 0) is 9.59 Å². The van der Waals surface area contributed by atoms with Gasteiger partial charge in [-0.25, -0.2) is 0 Å². The zero-order chi connectivity index (χ0) is 19.6. The summed E-state index contributed by atoms with van der Waals surface area (Å²) >= 11 is 0. The standard InChI is InChI=1S/C22H30N2O3/c1-4-6-15-7-9-16(10-8-15)21-18(13-23(3)20(26)5-2)24(19(21)14-25)22(27)17-11-12-17/h4,6-10,17-19,21,25H,5,11-14H2,1-3H3/b6-4+/t18-,19+,21+/m1/s1. The Morgan fingerprint density at radius 2 is 1.89 bits per heavy atom.